The first kappa shape index (κ1) is 18.1. The van der Waals surface area contributed by atoms with Gasteiger partial charge in [0.25, 0.3) is 11.5 Å². The zero-order valence-electron chi connectivity index (χ0n) is 15.3. The molecule has 2 aromatic rings. The van der Waals surface area contributed by atoms with Crippen LogP contribution in [0.2, 0.25) is 0 Å². The molecule has 0 radical (unpaired) electrons. The van der Waals surface area contributed by atoms with Gasteiger partial charge in [0.2, 0.25) is 0 Å². The molecule has 9 nitrogen and oxygen atoms in total. The third kappa shape index (κ3) is 2.88. The van der Waals surface area contributed by atoms with Crippen molar-refractivity contribution in [2.45, 2.75) is 39.3 Å². The fourth-order valence-electron chi connectivity index (χ4n) is 3.06. The summed E-state index contributed by atoms with van der Waals surface area (Å²) in [5.41, 5.74) is 0.646. The number of nitrogens with zero attached hydrogens (tertiary/aromatic N) is 4. The highest BCUT2D eigenvalue weighted by Crippen LogP contribution is 2.25. The van der Waals surface area contributed by atoms with E-state index in [1.54, 1.807) is 6.07 Å². The largest absolute Gasteiger partial charge is 0.480 e. The Kier molecular flexibility index (Phi) is 4.35. The van der Waals surface area contributed by atoms with Crippen LogP contribution in [0, 0.1) is 0 Å². The zero-order chi connectivity index (χ0) is 19.2. The number of ether oxygens (including phenoxy) is 1. The lowest BCUT2D eigenvalue weighted by Crippen LogP contribution is -2.29. The first-order valence-corrected chi connectivity index (χ1v) is 8.31. The van der Waals surface area contributed by atoms with Crippen molar-refractivity contribution < 1.29 is 19.4 Å². The molecule has 0 unspecified atom stereocenters. The van der Waals surface area contributed by atoms with E-state index in [0.717, 1.165) is 0 Å². The maximum atomic E-state index is 12.9. The van der Waals surface area contributed by atoms with Crippen LogP contribution in [-0.4, -0.2) is 56.3 Å². The quantitative estimate of drug-likeness (QED) is 0.829. The second kappa shape index (κ2) is 6.24. The van der Waals surface area contributed by atoms with Gasteiger partial charge in [-0.25, -0.2) is 0 Å². The average Bonchev–Trinajstić information content (AvgIpc) is 3.12. The van der Waals surface area contributed by atoms with E-state index in [0.29, 0.717) is 24.5 Å². The van der Waals surface area contributed by atoms with Crippen LogP contribution >= 0.6 is 0 Å². The van der Waals surface area contributed by atoms with Crippen molar-refractivity contribution in [2.24, 2.45) is 0 Å². The van der Waals surface area contributed by atoms with Crippen LogP contribution in [-0.2, 0) is 28.0 Å². The summed E-state index contributed by atoms with van der Waals surface area (Å²) in [4.78, 5) is 38.6. The van der Waals surface area contributed by atoms with E-state index < -0.39 is 12.5 Å². The molecule has 0 bridgehead atoms. The molecule has 0 saturated carbocycles. The predicted molar refractivity (Wildman–Crippen MR) is 92.4 cm³/mol. The Labute approximate surface area is 149 Å². The molecule has 140 valence electrons. The topological polar surface area (TPSA) is 106 Å². The van der Waals surface area contributed by atoms with Crippen LogP contribution in [0.3, 0.4) is 0 Å². The molecule has 0 aliphatic carbocycles. The number of hydrogen-bond acceptors (Lipinski definition) is 5. The Morgan fingerprint density at radius 2 is 2.04 bits per heavy atom. The molecule has 0 fully saturated rings. The average molecular weight is 362 g/mol. The fraction of sp³-hybridized carbons (Fsp3) is 0.529. The molecule has 3 heterocycles. The van der Waals surface area contributed by atoms with Gasteiger partial charge in [-0.3, -0.25) is 14.4 Å². The van der Waals surface area contributed by atoms with Gasteiger partial charge in [0.05, 0.1) is 24.4 Å². The molecule has 3 rings (SSSR count). The molecule has 0 saturated heterocycles. The van der Waals surface area contributed by atoms with Gasteiger partial charge < -0.3 is 19.3 Å². The molecule has 0 aromatic carbocycles. The lowest BCUT2D eigenvalue weighted by Gasteiger charge is -2.15. The third-order valence-electron chi connectivity index (χ3n) is 4.44. The van der Waals surface area contributed by atoms with E-state index in [2.05, 4.69) is 5.10 Å². The Hall–Kier alpha value is -2.68. The maximum absolute atomic E-state index is 12.9. The standard InChI is InChI=1S/C17H22N4O5/c1-17(2,3)11-7-12-20(9-13(22)23)14-10(15(24)21(12)18-11)8-19(16(14)25)5-6-26-4/h7H,5-6,8-9H2,1-4H3,(H,22,23). The molecular formula is C17H22N4O5. The highest BCUT2D eigenvalue weighted by molar-refractivity contribution is 5.97. The van der Waals surface area contributed by atoms with Crippen molar-refractivity contribution in [3.8, 4) is 0 Å². The molecule has 0 spiro atoms. The minimum Gasteiger partial charge on any atom is -0.480 e. The van der Waals surface area contributed by atoms with Crippen LogP contribution in [0.25, 0.3) is 5.65 Å². The fourth-order valence-corrected chi connectivity index (χ4v) is 3.06. The number of methoxy groups -OCH3 is 1. The first-order chi connectivity index (χ1) is 12.1. The SMILES string of the molecule is COCCN1Cc2c(n(CC(=O)O)c3cc(C(C)(C)C)nn3c2=O)C1=O. The molecule has 1 aliphatic heterocycles. The molecule has 1 aliphatic rings. The van der Waals surface area contributed by atoms with Crippen LogP contribution in [0.1, 0.15) is 42.5 Å². The summed E-state index contributed by atoms with van der Waals surface area (Å²) in [7, 11) is 1.53. The molecule has 26 heavy (non-hydrogen) atoms. The molecule has 2 aromatic heterocycles. The van der Waals surface area contributed by atoms with Crippen molar-refractivity contribution in [3.05, 3.63) is 33.4 Å². The minimum atomic E-state index is -1.10. The van der Waals surface area contributed by atoms with E-state index in [4.69, 9.17) is 4.74 Å². The van der Waals surface area contributed by atoms with E-state index in [1.165, 1.54) is 21.1 Å². The second-order valence-electron chi connectivity index (χ2n) is 7.38. The number of carboxylic acid groups (broad SMARTS) is 1. The van der Waals surface area contributed by atoms with Crippen LogP contribution in [0.5, 0.6) is 0 Å². The Bertz CT molecular complexity index is 951. The van der Waals surface area contributed by atoms with E-state index >= 15 is 0 Å². The summed E-state index contributed by atoms with van der Waals surface area (Å²) in [6.45, 7) is 6.20. The van der Waals surface area contributed by atoms with Gasteiger partial charge in [0.15, 0.2) is 0 Å². The van der Waals surface area contributed by atoms with Gasteiger partial charge >= 0.3 is 5.97 Å². The Morgan fingerprint density at radius 3 is 2.62 bits per heavy atom. The number of aliphatic carboxylic acids is 1. The smallest absolute Gasteiger partial charge is 0.323 e. The van der Waals surface area contributed by atoms with Crippen LogP contribution < -0.4 is 5.56 Å². The monoisotopic (exact) mass is 362 g/mol. The number of hydrogen-bond donors (Lipinski definition) is 1. The summed E-state index contributed by atoms with van der Waals surface area (Å²) >= 11 is 0. The molecule has 0 atom stereocenters. The molecule has 1 N–H and O–H groups in total. The normalized spacial score (nSPS) is 14.3. The van der Waals surface area contributed by atoms with Gasteiger partial charge in [-0.1, -0.05) is 20.8 Å². The summed E-state index contributed by atoms with van der Waals surface area (Å²) in [6.07, 6.45) is 0. The predicted octanol–water partition coefficient (Wildman–Crippen LogP) is 0.480. The van der Waals surface area contributed by atoms with Gasteiger partial charge in [-0.15, -0.1) is 0 Å². The number of fused-ring (bicyclic) bond motifs is 2. The van der Waals surface area contributed by atoms with Crippen LogP contribution in [0.15, 0.2) is 10.9 Å². The van der Waals surface area contributed by atoms with E-state index in [-0.39, 0.29) is 34.7 Å². The van der Waals surface area contributed by atoms with Gasteiger partial charge in [0.1, 0.15) is 17.9 Å². The Morgan fingerprint density at radius 1 is 1.35 bits per heavy atom. The number of amides is 1. The van der Waals surface area contributed by atoms with Crippen LogP contribution in [0.4, 0.5) is 0 Å². The number of carbonyl (C=O) groups is 2. The van der Waals surface area contributed by atoms with Gasteiger partial charge in [-0.05, 0) is 0 Å². The van der Waals surface area contributed by atoms with Crippen molar-refractivity contribution in [1.82, 2.24) is 19.1 Å². The number of rotatable bonds is 5. The third-order valence-corrected chi connectivity index (χ3v) is 4.44. The van der Waals surface area contributed by atoms with E-state index in [1.807, 2.05) is 20.8 Å². The maximum Gasteiger partial charge on any atom is 0.323 e. The van der Waals surface area contributed by atoms with Gasteiger partial charge in [0, 0.05) is 25.1 Å². The molecule has 9 heteroatoms. The first-order valence-electron chi connectivity index (χ1n) is 8.31. The Balaban J connectivity index is 2.25. The highest BCUT2D eigenvalue weighted by atomic mass is 16.5. The lowest BCUT2D eigenvalue weighted by molar-refractivity contribution is -0.137. The molecular weight excluding hydrogens is 340 g/mol. The minimum absolute atomic E-state index is 0.122. The van der Waals surface area contributed by atoms with Crippen molar-refractivity contribution in [3.63, 3.8) is 0 Å². The summed E-state index contributed by atoms with van der Waals surface area (Å²) < 4.78 is 7.58. The van der Waals surface area contributed by atoms with Crippen molar-refractivity contribution in [2.75, 3.05) is 20.3 Å². The number of aromatic nitrogens is 3. The second-order valence-corrected chi connectivity index (χ2v) is 7.38. The number of carbonyl (C=O) groups excluding carboxylic acids is 1. The molecule has 1 amide bonds. The summed E-state index contributed by atoms with van der Waals surface area (Å²) in [5.74, 6) is -1.46. The van der Waals surface area contributed by atoms with E-state index in [9.17, 15) is 19.5 Å². The summed E-state index contributed by atoms with van der Waals surface area (Å²) in [6, 6.07) is 1.68. The van der Waals surface area contributed by atoms with Crippen molar-refractivity contribution >= 4 is 17.5 Å². The highest BCUT2D eigenvalue weighted by Gasteiger charge is 2.35. The lowest BCUT2D eigenvalue weighted by atomic mass is 9.93. The van der Waals surface area contributed by atoms with Crippen molar-refractivity contribution in [1.29, 1.82) is 0 Å². The summed E-state index contributed by atoms with van der Waals surface area (Å²) in [5, 5.41) is 13.7. The van der Waals surface area contributed by atoms with Gasteiger partial charge in [-0.2, -0.15) is 9.61 Å². The number of carboxylic acids is 1. The zero-order valence-corrected chi connectivity index (χ0v) is 15.3.